The fourth-order valence-electron chi connectivity index (χ4n) is 5.37. The Morgan fingerprint density at radius 3 is 1.46 bits per heavy atom. The first kappa shape index (κ1) is 13.0. The normalized spacial score (nSPS) is 34.7. The molecule has 3 aromatic rings. The van der Waals surface area contributed by atoms with Gasteiger partial charge in [-0.15, -0.1) is 0 Å². The lowest BCUT2D eigenvalue weighted by atomic mass is 9.72. The van der Waals surface area contributed by atoms with E-state index in [0.717, 1.165) is 0 Å². The van der Waals surface area contributed by atoms with Gasteiger partial charge in [0.2, 0.25) is 0 Å². The van der Waals surface area contributed by atoms with Crippen LogP contribution in [0.5, 0.6) is 0 Å². The Bertz CT molecular complexity index is 856. The molecule has 6 rings (SSSR count). The van der Waals surface area contributed by atoms with Crippen LogP contribution in [0.2, 0.25) is 0 Å². The molecule has 2 heterocycles. The highest BCUT2D eigenvalue weighted by Gasteiger charge is 2.77. The largest absolute Gasteiger partial charge is 0.349 e. The number of rotatable bonds is 2. The van der Waals surface area contributed by atoms with Gasteiger partial charge in [-0.25, -0.2) is 0 Å². The van der Waals surface area contributed by atoms with Crippen molar-refractivity contribution in [3.05, 3.63) is 107 Å². The van der Waals surface area contributed by atoms with Crippen molar-refractivity contribution >= 4 is 0 Å². The summed E-state index contributed by atoms with van der Waals surface area (Å²) in [5, 5.41) is 0. The van der Waals surface area contributed by atoms with Crippen LogP contribution in [0.3, 0.4) is 0 Å². The maximum absolute atomic E-state index is 7.05. The predicted molar refractivity (Wildman–Crippen MR) is 93.6 cm³/mol. The van der Waals surface area contributed by atoms with Crippen LogP contribution in [0.4, 0.5) is 0 Å². The van der Waals surface area contributed by atoms with Gasteiger partial charge in [0.05, 0.1) is 0 Å². The topological polar surface area (TPSA) is 9.23 Å². The van der Waals surface area contributed by atoms with Crippen LogP contribution in [0.15, 0.2) is 84.9 Å². The monoisotopic (exact) mass is 310 g/mol. The van der Waals surface area contributed by atoms with E-state index in [1.54, 1.807) is 0 Å². The Balaban J connectivity index is 1.68. The lowest BCUT2D eigenvalue weighted by molar-refractivity contribution is -0.0715. The Labute approximate surface area is 141 Å². The molecule has 1 saturated heterocycles. The number of fused-ring (bicyclic) bond motifs is 8. The van der Waals surface area contributed by atoms with Gasteiger partial charge in [-0.05, 0) is 28.7 Å². The second kappa shape index (κ2) is 4.17. The molecule has 3 aliphatic rings. The van der Waals surface area contributed by atoms with Crippen LogP contribution in [0, 0.1) is 11.8 Å². The quantitative estimate of drug-likeness (QED) is 0.657. The van der Waals surface area contributed by atoms with Crippen LogP contribution < -0.4 is 0 Å². The Morgan fingerprint density at radius 1 is 0.583 bits per heavy atom. The van der Waals surface area contributed by atoms with Crippen molar-refractivity contribution < 1.29 is 4.74 Å². The Kier molecular flexibility index (Phi) is 2.25. The summed E-state index contributed by atoms with van der Waals surface area (Å²) in [4.78, 5) is 0. The molecule has 1 saturated carbocycles. The predicted octanol–water partition coefficient (Wildman–Crippen LogP) is 4.85. The molecule has 0 amide bonds. The summed E-state index contributed by atoms with van der Waals surface area (Å²) in [6.45, 7) is 0. The van der Waals surface area contributed by atoms with Gasteiger partial charge in [0.25, 0.3) is 0 Å². The van der Waals surface area contributed by atoms with Crippen molar-refractivity contribution in [3.8, 4) is 0 Å². The smallest absolute Gasteiger partial charge is 0.123 e. The molecule has 0 N–H and O–H groups in total. The van der Waals surface area contributed by atoms with Crippen LogP contribution in [0.1, 0.15) is 28.7 Å². The first-order valence-electron chi connectivity index (χ1n) is 8.78. The second-order valence-electron chi connectivity index (χ2n) is 7.30. The molecule has 0 spiro atoms. The van der Waals surface area contributed by atoms with Gasteiger partial charge in [0, 0.05) is 11.8 Å². The first-order chi connectivity index (χ1) is 11.9. The van der Waals surface area contributed by atoms with Crippen molar-refractivity contribution in [2.75, 3.05) is 0 Å². The standard InChI is InChI=1S/C23H18O/c1-3-9-16(10-4-1)22-18-13-7-8-14-19(18)23(24-22,21-15-20(21)22)17-11-5-2-6-12-17/h1-14,20-21H,15H2. The molecule has 116 valence electrons. The summed E-state index contributed by atoms with van der Waals surface area (Å²) < 4.78 is 7.05. The van der Waals surface area contributed by atoms with E-state index in [-0.39, 0.29) is 11.2 Å². The zero-order valence-electron chi connectivity index (χ0n) is 13.4. The molecule has 0 aromatic heterocycles. The molecule has 4 atom stereocenters. The van der Waals surface area contributed by atoms with Crippen LogP contribution in [-0.2, 0) is 15.9 Å². The molecule has 2 fully saturated rings. The van der Waals surface area contributed by atoms with Gasteiger partial charge in [-0.1, -0.05) is 84.9 Å². The fourth-order valence-corrected chi connectivity index (χ4v) is 5.37. The third-order valence-corrected chi connectivity index (χ3v) is 6.29. The SMILES string of the molecule is c1ccc(C23OC(c4ccccc4)(c4ccccc42)C2CC23)cc1. The third kappa shape index (κ3) is 1.29. The number of hydrogen-bond donors (Lipinski definition) is 0. The average molecular weight is 310 g/mol. The van der Waals surface area contributed by atoms with E-state index in [2.05, 4.69) is 84.9 Å². The maximum Gasteiger partial charge on any atom is 0.123 e. The second-order valence-corrected chi connectivity index (χ2v) is 7.30. The maximum atomic E-state index is 7.05. The minimum absolute atomic E-state index is 0.266. The Morgan fingerprint density at radius 2 is 1.00 bits per heavy atom. The number of ether oxygens (including phenoxy) is 1. The summed E-state index contributed by atoms with van der Waals surface area (Å²) >= 11 is 0. The highest BCUT2D eigenvalue weighted by molar-refractivity contribution is 5.59. The van der Waals surface area contributed by atoms with Crippen LogP contribution in [0.25, 0.3) is 0 Å². The average Bonchev–Trinajstić information content (AvgIpc) is 3.36. The van der Waals surface area contributed by atoms with Gasteiger partial charge in [0.15, 0.2) is 0 Å². The highest BCUT2D eigenvalue weighted by atomic mass is 16.5. The van der Waals surface area contributed by atoms with Crippen LogP contribution >= 0.6 is 0 Å². The zero-order valence-corrected chi connectivity index (χ0v) is 13.4. The molecule has 4 unspecified atom stereocenters. The van der Waals surface area contributed by atoms with Gasteiger partial charge in [-0.2, -0.15) is 0 Å². The van der Waals surface area contributed by atoms with Gasteiger partial charge >= 0.3 is 0 Å². The number of hydrogen-bond acceptors (Lipinski definition) is 1. The fraction of sp³-hybridized carbons (Fsp3) is 0.217. The molecular weight excluding hydrogens is 292 g/mol. The summed E-state index contributed by atoms with van der Waals surface area (Å²) in [6, 6.07) is 30.5. The lowest BCUT2D eigenvalue weighted by Crippen LogP contribution is -2.29. The summed E-state index contributed by atoms with van der Waals surface area (Å²) in [5.74, 6) is 1.19. The van der Waals surface area contributed by atoms with Gasteiger partial charge < -0.3 is 4.74 Å². The molecule has 1 aliphatic carbocycles. The van der Waals surface area contributed by atoms with E-state index in [0.29, 0.717) is 11.8 Å². The molecule has 0 radical (unpaired) electrons. The molecule has 24 heavy (non-hydrogen) atoms. The van der Waals surface area contributed by atoms with E-state index in [1.807, 2.05) is 0 Å². The van der Waals surface area contributed by atoms with E-state index in [9.17, 15) is 0 Å². The molecule has 3 aromatic carbocycles. The summed E-state index contributed by atoms with van der Waals surface area (Å²) in [7, 11) is 0. The Hall–Kier alpha value is -2.38. The van der Waals surface area contributed by atoms with Gasteiger partial charge in [0.1, 0.15) is 11.2 Å². The third-order valence-electron chi connectivity index (χ3n) is 6.29. The number of benzene rings is 3. The van der Waals surface area contributed by atoms with Crippen molar-refractivity contribution in [2.24, 2.45) is 11.8 Å². The molecule has 2 aliphatic heterocycles. The van der Waals surface area contributed by atoms with E-state index in [4.69, 9.17) is 4.74 Å². The zero-order chi connectivity index (χ0) is 15.8. The molecular formula is C23H18O. The molecule has 1 nitrogen and oxygen atoms in total. The lowest BCUT2D eigenvalue weighted by Gasteiger charge is -2.30. The highest BCUT2D eigenvalue weighted by Crippen LogP contribution is 2.77. The van der Waals surface area contributed by atoms with Gasteiger partial charge in [-0.3, -0.25) is 0 Å². The van der Waals surface area contributed by atoms with E-state index < -0.39 is 0 Å². The molecule has 2 bridgehead atoms. The van der Waals surface area contributed by atoms with E-state index >= 15 is 0 Å². The summed E-state index contributed by atoms with van der Waals surface area (Å²) in [6.07, 6.45) is 1.25. The van der Waals surface area contributed by atoms with Crippen molar-refractivity contribution in [2.45, 2.75) is 17.6 Å². The summed E-state index contributed by atoms with van der Waals surface area (Å²) in [5.41, 5.74) is 4.83. The minimum Gasteiger partial charge on any atom is -0.349 e. The first-order valence-corrected chi connectivity index (χ1v) is 8.78. The van der Waals surface area contributed by atoms with Crippen LogP contribution in [-0.4, -0.2) is 0 Å². The van der Waals surface area contributed by atoms with Crippen molar-refractivity contribution in [1.82, 2.24) is 0 Å². The van der Waals surface area contributed by atoms with Crippen molar-refractivity contribution in [1.29, 1.82) is 0 Å². The van der Waals surface area contributed by atoms with E-state index in [1.165, 1.54) is 28.7 Å². The van der Waals surface area contributed by atoms with Crippen molar-refractivity contribution in [3.63, 3.8) is 0 Å². The minimum atomic E-state index is -0.266. The molecule has 1 heteroatoms.